The van der Waals surface area contributed by atoms with E-state index in [0.29, 0.717) is 36.6 Å². The third-order valence-corrected chi connectivity index (χ3v) is 5.68. The van der Waals surface area contributed by atoms with Crippen molar-refractivity contribution in [3.8, 4) is 0 Å². The van der Waals surface area contributed by atoms with E-state index < -0.39 is 4.92 Å². The molecule has 150 valence electrons. The molecule has 1 fully saturated rings. The molecular formula is C21H21N3O4S. The molecule has 0 aliphatic carbocycles. The van der Waals surface area contributed by atoms with Crippen molar-refractivity contribution in [2.75, 3.05) is 26.2 Å². The van der Waals surface area contributed by atoms with Gasteiger partial charge in [-0.25, -0.2) is 0 Å². The quantitative estimate of drug-likeness (QED) is 0.427. The average molecular weight is 411 g/mol. The van der Waals surface area contributed by atoms with Gasteiger partial charge in [-0.1, -0.05) is 36.0 Å². The minimum Gasteiger partial charge on any atom is -0.339 e. The Bertz CT molecular complexity index is 938. The van der Waals surface area contributed by atoms with E-state index in [1.165, 1.54) is 30.8 Å². The summed E-state index contributed by atoms with van der Waals surface area (Å²) in [5.74, 6) is -0.160. The molecule has 1 aliphatic heterocycles. The summed E-state index contributed by atoms with van der Waals surface area (Å²) < 4.78 is 0. The second-order valence-corrected chi connectivity index (χ2v) is 7.68. The van der Waals surface area contributed by atoms with E-state index >= 15 is 0 Å². The number of hydrogen-bond donors (Lipinski definition) is 0. The van der Waals surface area contributed by atoms with Crippen LogP contribution in [0.25, 0.3) is 6.08 Å². The fourth-order valence-corrected chi connectivity index (χ4v) is 3.92. The molecule has 0 saturated carbocycles. The molecule has 29 heavy (non-hydrogen) atoms. The van der Waals surface area contributed by atoms with Crippen LogP contribution in [0, 0.1) is 10.1 Å². The monoisotopic (exact) mass is 411 g/mol. The molecule has 1 aliphatic rings. The highest BCUT2D eigenvalue weighted by Crippen LogP contribution is 2.35. The Morgan fingerprint density at radius 1 is 1.03 bits per heavy atom. The molecule has 0 N–H and O–H groups in total. The predicted octanol–water partition coefficient (Wildman–Crippen LogP) is 3.45. The van der Waals surface area contributed by atoms with Crippen molar-refractivity contribution >= 4 is 35.3 Å². The summed E-state index contributed by atoms with van der Waals surface area (Å²) in [6.07, 6.45) is 3.01. The van der Waals surface area contributed by atoms with E-state index in [-0.39, 0.29) is 17.5 Å². The van der Waals surface area contributed by atoms with Gasteiger partial charge in [0.2, 0.25) is 11.8 Å². The maximum Gasteiger partial charge on any atom is 0.283 e. The van der Waals surface area contributed by atoms with Crippen LogP contribution in [0.4, 0.5) is 5.69 Å². The standard InChI is InChI=1S/C21H21N3O4S/c1-16(25)22-11-13-23(14-12-22)21(26)10-8-17-7-9-20(19(15-17)24(27)28)29-18-5-3-2-4-6-18/h2-10,15H,11-14H2,1H3. The van der Waals surface area contributed by atoms with Gasteiger partial charge in [-0.3, -0.25) is 19.7 Å². The van der Waals surface area contributed by atoms with Gasteiger partial charge in [0.15, 0.2) is 0 Å². The maximum absolute atomic E-state index is 12.4. The summed E-state index contributed by atoms with van der Waals surface area (Å²) in [5, 5.41) is 11.5. The highest BCUT2D eigenvalue weighted by molar-refractivity contribution is 7.99. The zero-order valence-electron chi connectivity index (χ0n) is 16.0. The topological polar surface area (TPSA) is 83.8 Å². The molecule has 3 rings (SSSR count). The molecule has 0 unspecified atom stereocenters. The van der Waals surface area contributed by atoms with Gasteiger partial charge >= 0.3 is 0 Å². The molecule has 0 atom stereocenters. The number of piperazine rings is 1. The van der Waals surface area contributed by atoms with Crippen LogP contribution >= 0.6 is 11.8 Å². The molecule has 0 radical (unpaired) electrons. The van der Waals surface area contributed by atoms with Crippen molar-refractivity contribution in [3.63, 3.8) is 0 Å². The molecule has 2 aromatic carbocycles. The Morgan fingerprint density at radius 3 is 2.31 bits per heavy atom. The van der Waals surface area contributed by atoms with E-state index in [0.717, 1.165) is 4.90 Å². The van der Waals surface area contributed by atoms with Gasteiger partial charge in [-0.15, -0.1) is 0 Å². The molecule has 8 heteroatoms. The van der Waals surface area contributed by atoms with Crippen LogP contribution in [0.2, 0.25) is 0 Å². The number of nitro benzene ring substituents is 1. The maximum atomic E-state index is 12.4. The molecule has 0 spiro atoms. The van der Waals surface area contributed by atoms with Crippen LogP contribution in [0.15, 0.2) is 64.4 Å². The lowest BCUT2D eigenvalue weighted by atomic mass is 10.2. The van der Waals surface area contributed by atoms with Crippen LogP contribution < -0.4 is 0 Å². The van der Waals surface area contributed by atoms with Crippen molar-refractivity contribution in [1.82, 2.24) is 9.80 Å². The van der Waals surface area contributed by atoms with Crippen LogP contribution in [-0.2, 0) is 9.59 Å². The van der Waals surface area contributed by atoms with E-state index in [1.807, 2.05) is 30.3 Å². The molecule has 2 amide bonds. The van der Waals surface area contributed by atoms with E-state index in [2.05, 4.69) is 0 Å². The van der Waals surface area contributed by atoms with Gasteiger partial charge in [0.25, 0.3) is 5.69 Å². The van der Waals surface area contributed by atoms with Gasteiger partial charge in [0.1, 0.15) is 0 Å². The predicted molar refractivity (Wildman–Crippen MR) is 112 cm³/mol. The molecule has 7 nitrogen and oxygen atoms in total. The molecule has 1 saturated heterocycles. The largest absolute Gasteiger partial charge is 0.339 e. The molecular weight excluding hydrogens is 390 g/mol. The normalized spacial score (nSPS) is 14.2. The Labute approximate surface area is 173 Å². The molecule has 1 heterocycles. The number of nitro groups is 1. The van der Waals surface area contributed by atoms with E-state index in [1.54, 1.807) is 28.0 Å². The van der Waals surface area contributed by atoms with Gasteiger partial charge in [0, 0.05) is 50.1 Å². The van der Waals surface area contributed by atoms with E-state index in [4.69, 9.17) is 0 Å². The van der Waals surface area contributed by atoms with Crippen molar-refractivity contribution < 1.29 is 14.5 Å². The Morgan fingerprint density at radius 2 is 1.69 bits per heavy atom. The first-order valence-electron chi connectivity index (χ1n) is 9.18. The summed E-state index contributed by atoms with van der Waals surface area (Å²) in [4.78, 5) is 39.7. The summed E-state index contributed by atoms with van der Waals surface area (Å²) in [5.41, 5.74) is 0.591. The number of carbonyl (C=O) groups is 2. The van der Waals surface area contributed by atoms with Crippen LogP contribution in [-0.4, -0.2) is 52.7 Å². The first-order chi connectivity index (χ1) is 13.9. The minimum atomic E-state index is -0.411. The van der Waals surface area contributed by atoms with Crippen molar-refractivity contribution in [2.45, 2.75) is 16.7 Å². The number of benzene rings is 2. The number of carbonyl (C=O) groups excluding carboxylic acids is 2. The highest BCUT2D eigenvalue weighted by atomic mass is 32.2. The van der Waals surface area contributed by atoms with Crippen molar-refractivity contribution in [2.24, 2.45) is 0 Å². The van der Waals surface area contributed by atoms with Crippen LogP contribution in [0.3, 0.4) is 0 Å². The Balaban J connectivity index is 1.69. The Kier molecular flexibility index (Phi) is 6.66. The first kappa shape index (κ1) is 20.6. The third-order valence-electron chi connectivity index (χ3n) is 4.61. The lowest BCUT2D eigenvalue weighted by molar-refractivity contribution is -0.387. The van der Waals surface area contributed by atoms with Gasteiger partial charge < -0.3 is 9.80 Å². The summed E-state index contributed by atoms with van der Waals surface area (Å²) in [6.45, 7) is 3.52. The SMILES string of the molecule is CC(=O)N1CCN(C(=O)C=Cc2ccc(Sc3ccccc3)c([N+](=O)[O-])c2)CC1. The lowest BCUT2D eigenvalue weighted by Gasteiger charge is -2.33. The third kappa shape index (κ3) is 5.45. The van der Waals surface area contributed by atoms with Gasteiger partial charge in [0.05, 0.1) is 9.82 Å². The summed E-state index contributed by atoms with van der Waals surface area (Å²) in [6, 6.07) is 14.4. The second-order valence-electron chi connectivity index (χ2n) is 6.56. The van der Waals surface area contributed by atoms with Crippen molar-refractivity contribution in [3.05, 3.63) is 70.3 Å². The van der Waals surface area contributed by atoms with Crippen LogP contribution in [0.5, 0.6) is 0 Å². The zero-order chi connectivity index (χ0) is 20.8. The zero-order valence-corrected chi connectivity index (χ0v) is 16.8. The average Bonchev–Trinajstić information content (AvgIpc) is 2.73. The van der Waals surface area contributed by atoms with Gasteiger partial charge in [-0.05, 0) is 29.8 Å². The van der Waals surface area contributed by atoms with Crippen LogP contribution in [0.1, 0.15) is 12.5 Å². The summed E-state index contributed by atoms with van der Waals surface area (Å²) >= 11 is 1.33. The summed E-state index contributed by atoms with van der Waals surface area (Å²) in [7, 11) is 0. The fourth-order valence-electron chi connectivity index (χ4n) is 3.00. The fraction of sp³-hybridized carbons (Fsp3) is 0.238. The number of rotatable bonds is 5. The van der Waals surface area contributed by atoms with Gasteiger partial charge in [-0.2, -0.15) is 0 Å². The second kappa shape index (κ2) is 9.38. The molecule has 0 aromatic heterocycles. The smallest absolute Gasteiger partial charge is 0.283 e. The number of hydrogen-bond acceptors (Lipinski definition) is 5. The molecule has 2 aromatic rings. The van der Waals surface area contributed by atoms with E-state index in [9.17, 15) is 19.7 Å². The van der Waals surface area contributed by atoms with Crippen molar-refractivity contribution in [1.29, 1.82) is 0 Å². The Hall–Kier alpha value is -3.13. The minimum absolute atomic E-state index is 0.00326. The number of amides is 2. The molecule has 0 bridgehead atoms. The first-order valence-corrected chi connectivity index (χ1v) is 9.99. The highest BCUT2D eigenvalue weighted by Gasteiger charge is 2.21. The lowest BCUT2D eigenvalue weighted by Crippen LogP contribution is -2.49. The number of nitrogens with zero attached hydrogens (tertiary/aromatic N) is 3.